The highest BCUT2D eigenvalue weighted by molar-refractivity contribution is 5.91. The molecule has 0 fully saturated rings. The van der Waals surface area contributed by atoms with Gasteiger partial charge in [-0.25, -0.2) is 4.98 Å². The molecule has 0 atom stereocenters. The van der Waals surface area contributed by atoms with E-state index in [0.29, 0.717) is 11.5 Å². The van der Waals surface area contributed by atoms with Crippen LogP contribution in [0.1, 0.15) is 0 Å². The largest absolute Gasteiger partial charge is 0.506 e. The van der Waals surface area contributed by atoms with Gasteiger partial charge in [-0.3, -0.25) is 0 Å². The number of aromatic amines is 1. The molecule has 12 heavy (non-hydrogen) atoms. The van der Waals surface area contributed by atoms with Crippen LogP contribution in [-0.2, 0) is 0 Å². The topological polar surface area (TPSA) is 101 Å². The molecule has 2 aromatic rings. The molecule has 62 valence electrons. The van der Waals surface area contributed by atoms with E-state index >= 15 is 0 Å². The fourth-order valence-electron chi connectivity index (χ4n) is 1.11. The van der Waals surface area contributed by atoms with Gasteiger partial charge in [0.1, 0.15) is 17.0 Å². The zero-order chi connectivity index (χ0) is 8.72. The van der Waals surface area contributed by atoms with Crippen LogP contribution in [0.4, 0.5) is 11.6 Å². The lowest BCUT2D eigenvalue weighted by Crippen LogP contribution is -1.87. The molecule has 0 aliphatic rings. The first-order valence-corrected chi connectivity index (χ1v) is 3.41. The molecule has 0 aliphatic carbocycles. The van der Waals surface area contributed by atoms with E-state index in [2.05, 4.69) is 9.97 Å². The van der Waals surface area contributed by atoms with Crippen LogP contribution in [0.3, 0.4) is 0 Å². The van der Waals surface area contributed by atoms with Crippen molar-refractivity contribution in [2.75, 3.05) is 11.5 Å². The number of nitrogens with one attached hydrogen (secondary N) is 1. The van der Waals surface area contributed by atoms with Crippen LogP contribution >= 0.6 is 0 Å². The fourth-order valence-corrected chi connectivity index (χ4v) is 1.11. The van der Waals surface area contributed by atoms with Crippen LogP contribution in [0.5, 0.6) is 5.75 Å². The maximum atomic E-state index is 9.21. The number of rotatable bonds is 0. The third-order valence-electron chi connectivity index (χ3n) is 1.69. The summed E-state index contributed by atoms with van der Waals surface area (Å²) in [6, 6.07) is 3.17. The Labute approximate surface area is 68.0 Å². The van der Waals surface area contributed by atoms with Gasteiger partial charge in [-0.05, 0) is 12.1 Å². The normalized spacial score (nSPS) is 10.7. The number of aromatic hydroxyl groups is 1. The zero-order valence-electron chi connectivity index (χ0n) is 6.20. The number of imidazole rings is 1. The second-order valence-corrected chi connectivity index (χ2v) is 2.52. The van der Waals surface area contributed by atoms with Crippen molar-refractivity contribution in [3.05, 3.63) is 12.1 Å². The Hall–Kier alpha value is -1.91. The highest BCUT2D eigenvalue weighted by atomic mass is 16.3. The molecule has 0 saturated heterocycles. The summed E-state index contributed by atoms with van der Waals surface area (Å²) >= 11 is 0. The van der Waals surface area contributed by atoms with E-state index in [-0.39, 0.29) is 11.4 Å². The second kappa shape index (κ2) is 2.04. The Morgan fingerprint density at radius 1 is 1.33 bits per heavy atom. The lowest BCUT2D eigenvalue weighted by molar-refractivity contribution is 0.478. The predicted octanol–water partition coefficient (Wildman–Crippen LogP) is 0.433. The van der Waals surface area contributed by atoms with Gasteiger partial charge in [0.05, 0.1) is 5.52 Å². The molecule has 1 aromatic carbocycles. The first-order chi connectivity index (χ1) is 5.68. The molecule has 1 heterocycles. The van der Waals surface area contributed by atoms with Crippen molar-refractivity contribution in [1.29, 1.82) is 0 Å². The fraction of sp³-hybridized carbons (Fsp3) is 0. The first kappa shape index (κ1) is 6.78. The number of nitrogens with two attached hydrogens (primary N) is 2. The molecule has 5 nitrogen and oxygen atoms in total. The molecule has 5 heteroatoms. The molecule has 0 unspecified atom stereocenters. The maximum absolute atomic E-state index is 9.21. The van der Waals surface area contributed by atoms with Crippen molar-refractivity contribution in [3.63, 3.8) is 0 Å². The number of aromatic nitrogens is 2. The van der Waals surface area contributed by atoms with Crippen LogP contribution in [0.2, 0.25) is 0 Å². The van der Waals surface area contributed by atoms with Gasteiger partial charge in [-0.1, -0.05) is 0 Å². The summed E-state index contributed by atoms with van der Waals surface area (Å²) in [5, 5.41) is 9.21. The number of fused-ring (bicyclic) bond motifs is 1. The standard InChI is InChI=1S/C7H8N4O/c8-5-4(12)2-1-3-6(5)11-7(9)10-3/h1-2,12H,8H2,(H3,9,10,11). The van der Waals surface area contributed by atoms with E-state index in [4.69, 9.17) is 11.5 Å². The molecule has 0 saturated carbocycles. The molecule has 2 rings (SSSR count). The Balaban J connectivity index is 2.89. The smallest absolute Gasteiger partial charge is 0.198 e. The van der Waals surface area contributed by atoms with Gasteiger partial charge < -0.3 is 21.6 Å². The Bertz CT molecular complexity index is 434. The predicted molar refractivity (Wildman–Crippen MR) is 46.6 cm³/mol. The van der Waals surface area contributed by atoms with Crippen molar-refractivity contribution in [3.8, 4) is 5.75 Å². The number of phenolic OH excluding ortho intramolecular Hbond substituents is 1. The maximum Gasteiger partial charge on any atom is 0.198 e. The van der Waals surface area contributed by atoms with E-state index < -0.39 is 0 Å². The summed E-state index contributed by atoms with van der Waals surface area (Å²) in [6.07, 6.45) is 0. The first-order valence-electron chi connectivity index (χ1n) is 3.41. The summed E-state index contributed by atoms with van der Waals surface area (Å²) in [7, 11) is 0. The van der Waals surface area contributed by atoms with Crippen LogP contribution in [0.15, 0.2) is 12.1 Å². The molecule has 0 radical (unpaired) electrons. The molecule has 6 N–H and O–H groups in total. The third-order valence-corrected chi connectivity index (χ3v) is 1.69. The highest BCUT2D eigenvalue weighted by Gasteiger charge is 2.06. The number of nitrogen functional groups attached to an aromatic ring is 2. The van der Waals surface area contributed by atoms with E-state index in [1.165, 1.54) is 6.07 Å². The highest BCUT2D eigenvalue weighted by Crippen LogP contribution is 2.27. The number of anilines is 2. The average Bonchev–Trinajstić information content (AvgIpc) is 2.39. The van der Waals surface area contributed by atoms with Crippen LogP contribution in [0.25, 0.3) is 11.0 Å². The summed E-state index contributed by atoms with van der Waals surface area (Å²) in [6.45, 7) is 0. The molecule has 0 aliphatic heterocycles. The minimum atomic E-state index is 0.0222. The second-order valence-electron chi connectivity index (χ2n) is 2.52. The van der Waals surface area contributed by atoms with E-state index in [9.17, 15) is 5.11 Å². The van der Waals surface area contributed by atoms with Crippen LogP contribution < -0.4 is 11.5 Å². The summed E-state index contributed by atoms with van der Waals surface area (Å²) in [5.74, 6) is 0.316. The number of phenols is 1. The lowest BCUT2D eigenvalue weighted by Gasteiger charge is -1.96. The van der Waals surface area contributed by atoms with Crippen LogP contribution in [-0.4, -0.2) is 15.1 Å². The van der Waals surface area contributed by atoms with Crippen molar-refractivity contribution in [2.45, 2.75) is 0 Å². The van der Waals surface area contributed by atoms with Crippen molar-refractivity contribution in [2.24, 2.45) is 0 Å². The SMILES string of the molecule is Nc1nc2c(N)c(O)ccc2[nH]1. The van der Waals surface area contributed by atoms with Gasteiger partial charge in [0.25, 0.3) is 0 Å². The number of nitrogens with zero attached hydrogens (tertiary/aromatic N) is 1. The number of hydrogen-bond donors (Lipinski definition) is 4. The average molecular weight is 164 g/mol. The lowest BCUT2D eigenvalue weighted by atomic mass is 10.2. The summed E-state index contributed by atoms with van der Waals surface area (Å²) < 4.78 is 0. The van der Waals surface area contributed by atoms with Gasteiger partial charge in [-0.2, -0.15) is 0 Å². The van der Waals surface area contributed by atoms with Crippen LogP contribution in [0, 0.1) is 0 Å². The Kier molecular flexibility index (Phi) is 1.15. The summed E-state index contributed by atoms with van der Waals surface area (Å²) in [5.41, 5.74) is 12.4. The molecule has 0 bridgehead atoms. The van der Waals surface area contributed by atoms with Gasteiger partial charge in [0.15, 0.2) is 5.95 Å². The summed E-state index contributed by atoms with van der Waals surface area (Å²) in [4.78, 5) is 6.71. The molecular weight excluding hydrogens is 156 g/mol. The zero-order valence-corrected chi connectivity index (χ0v) is 6.20. The van der Waals surface area contributed by atoms with Crippen molar-refractivity contribution in [1.82, 2.24) is 9.97 Å². The Morgan fingerprint density at radius 2 is 2.08 bits per heavy atom. The molecule has 0 amide bonds. The molecule has 0 spiro atoms. The third kappa shape index (κ3) is 0.763. The van der Waals surface area contributed by atoms with Gasteiger partial charge >= 0.3 is 0 Å². The van der Waals surface area contributed by atoms with E-state index in [0.717, 1.165) is 5.52 Å². The van der Waals surface area contributed by atoms with Crippen molar-refractivity contribution < 1.29 is 5.11 Å². The van der Waals surface area contributed by atoms with Gasteiger partial charge in [-0.15, -0.1) is 0 Å². The minimum absolute atomic E-state index is 0.0222. The number of hydrogen-bond acceptors (Lipinski definition) is 4. The quantitative estimate of drug-likeness (QED) is 0.335. The monoisotopic (exact) mass is 164 g/mol. The molecule has 1 aromatic heterocycles. The molecular formula is C7H8N4O. The number of benzene rings is 1. The minimum Gasteiger partial charge on any atom is -0.506 e. The van der Waals surface area contributed by atoms with Gasteiger partial charge in [0, 0.05) is 0 Å². The Morgan fingerprint density at radius 3 is 2.83 bits per heavy atom. The van der Waals surface area contributed by atoms with Crippen molar-refractivity contribution >= 4 is 22.7 Å². The van der Waals surface area contributed by atoms with Gasteiger partial charge in [0.2, 0.25) is 0 Å². The number of H-pyrrole nitrogens is 1. The van der Waals surface area contributed by atoms with E-state index in [1.807, 2.05) is 0 Å². The van der Waals surface area contributed by atoms with E-state index in [1.54, 1.807) is 6.07 Å².